The molecule has 8 heteroatoms. The molecule has 0 aliphatic carbocycles. The highest BCUT2D eigenvalue weighted by Gasteiger charge is 2.12. The van der Waals surface area contributed by atoms with Gasteiger partial charge in [-0.2, -0.15) is 0 Å². The summed E-state index contributed by atoms with van der Waals surface area (Å²) in [4.78, 5) is 10.9. The second kappa shape index (κ2) is 5.82. The highest BCUT2D eigenvalue weighted by molar-refractivity contribution is 8.01. The zero-order valence-corrected chi connectivity index (χ0v) is 13.5. The van der Waals surface area contributed by atoms with E-state index in [1.54, 1.807) is 11.3 Å². The van der Waals surface area contributed by atoms with E-state index in [1.165, 1.54) is 11.8 Å². The van der Waals surface area contributed by atoms with Crippen molar-refractivity contribution in [3.63, 3.8) is 0 Å². The van der Waals surface area contributed by atoms with Crippen LogP contribution in [-0.4, -0.2) is 41.3 Å². The second-order valence-electron chi connectivity index (χ2n) is 4.47. The minimum absolute atomic E-state index is 0.605. The maximum absolute atomic E-state index is 4.53. The van der Waals surface area contributed by atoms with Crippen LogP contribution in [0.5, 0.6) is 0 Å². The molecule has 0 radical (unpaired) electrons. The first-order chi connectivity index (χ1) is 10.2. The van der Waals surface area contributed by atoms with Gasteiger partial charge in [-0.1, -0.05) is 29.5 Å². The molecular formula is C13H14N6S2. The van der Waals surface area contributed by atoms with Crippen LogP contribution in [0.25, 0.3) is 10.9 Å². The summed E-state index contributed by atoms with van der Waals surface area (Å²) in [5, 5.41) is 14.1. The molecule has 3 rings (SSSR count). The molecule has 0 unspecified atom stereocenters. The van der Waals surface area contributed by atoms with Crippen LogP contribution in [0.1, 0.15) is 0 Å². The minimum atomic E-state index is 0.605. The number of hydrogen-bond acceptors (Lipinski definition) is 8. The van der Waals surface area contributed by atoms with Crippen LogP contribution in [0.4, 0.5) is 11.1 Å². The van der Waals surface area contributed by atoms with E-state index >= 15 is 0 Å². The number of hydrogen-bond donors (Lipinski definition) is 1. The smallest absolute Gasteiger partial charge is 0.224 e. The topological polar surface area (TPSA) is 66.8 Å². The number of nitrogens with zero attached hydrogens (tertiary/aromatic N) is 5. The molecule has 0 amide bonds. The Morgan fingerprint density at radius 3 is 2.67 bits per heavy atom. The molecule has 2 aromatic heterocycles. The van der Waals surface area contributed by atoms with Gasteiger partial charge in [0.15, 0.2) is 4.34 Å². The molecule has 0 fully saturated rings. The Bertz CT molecular complexity index is 770. The fourth-order valence-corrected chi connectivity index (χ4v) is 3.54. The van der Waals surface area contributed by atoms with Gasteiger partial charge in [0.25, 0.3) is 0 Å². The quantitative estimate of drug-likeness (QED) is 0.742. The van der Waals surface area contributed by atoms with E-state index in [4.69, 9.17) is 0 Å². The molecule has 1 N–H and O–H groups in total. The fraction of sp³-hybridized carbons (Fsp3) is 0.231. The summed E-state index contributed by atoms with van der Waals surface area (Å²) in [5.41, 5.74) is 0.914. The monoisotopic (exact) mass is 318 g/mol. The Labute approximate surface area is 130 Å². The maximum atomic E-state index is 4.53. The standard InChI is InChI=1S/C13H14N6S2/c1-14-11-15-9-7-5-4-6-8(9)10(16-11)20-13-18-17-12(21-13)19(2)3/h4-7H,1-3H3,(H,14,15,16). The fourth-order valence-electron chi connectivity index (χ4n) is 1.74. The van der Waals surface area contributed by atoms with Gasteiger partial charge in [-0.05, 0) is 17.8 Å². The van der Waals surface area contributed by atoms with Gasteiger partial charge in [-0.25, -0.2) is 9.97 Å². The third-order valence-electron chi connectivity index (χ3n) is 2.75. The van der Waals surface area contributed by atoms with E-state index in [0.29, 0.717) is 5.95 Å². The third kappa shape index (κ3) is 2.91. The van der Waals surface area contributed by atoms with Crippen molar-refractivity contribution in [3.8, 4) is 0 Å². The lowest BCUT2D eigenvalue weighted by molar-refractivity contribution is 0.970. The number of anilines is 2. The van der Waals surface area contributed by atoms with Gasteiger partial charge in [0.1, 0.15) is 5.03 Å². The molecule has 21 heavy (non-hydrogen) atoms. The molecule has 0 aliphatic heterocycles. The summed E-state index contributed by atoms with van der Waals surface area (Å²) >= 11 is 3.06. The lowest BCUT2D eigenvalue weighted by Crippen LogP contribution is -2.07. The van der Waals surface area contributed by atoms with E-state index < -0.39 is 0 Å². The van der Waals surface area contributed by atoms with Gasteiger partial charge in [0.05, 0.1) is 5.52 Å². The molecule has 0 spiro atoms. The first-order valence-electron chi connectivity index (χ1n) is 6.30. The van der Waals surface area contributed by atoms with Crippen LogP contribution in [-0.2, 0) is 0 Å². The molecule has 0 atom stereocenters. The summed E-state index contributed by atoms with van der Waals surface area (Å²) in [6.07, 6.45) is 0. The van der Waals surface area contributed by atoms with Crippen molar-refractivity contribution in [2.24, 2.45) is 0 Å². The van der Waals surface area contributed by atoms with Crippen LogP contribution in [0.15, 0.2) is 33.6 Å². The van der Waals surface area contributed by atoms with Crippen LogP contribution in [0, 0.1) is 0 Å². The molecule has 3 aromatic rings. The Kier molecular flexibility index (Phi) is 3.89. The average Bonchev–Trinajstić information content (AvgIpc) is 2.96. The Balaban J connectivity index is 2.02. The van der Waals surface area contributed by atoms with Gasteiger partial charge in [0, 0.05) is 26.5 Å². The summed E-state index contributed by atoms with van der Waals surface area (Å²) in [7, 11) is 5.72. The van der Waals surface area contributed by atoms with E-state index in [2.05, 4.69) is 25.5 Å². The van der Waals surface area contributed by atoms with Crippen molar-refractivity contribution in [2.75, 3.05) is 31.4 Å². The number of aromatic nitrogens is 4. The largest absolute Gasteiger partial charge is 0.357 e. The molecule has 1 aromatic carbocycles. The molecule has 0 bridgehead atoms. The third-order valence-corrected chi connectivity index (χ3v) is 4.90. The molecule has 108 valence electrons. The maximum Gasteiger partial charge on any atom is 0.224 e. The summed E-state index contributed by atoms with van der Waals surface area (Å²) in [6.45, 7) is 0. The van der Waals surface area contributed by atoms with E-state index in [1.807, 2.05) is 50.3 Å². The average molecular weight is 318 g/mol. The lowest BCUT2D eigenvalue weighted by atomic mass is 10.2. The predicted molar refractivity (Wildman–Crippen MR) is 87.4 cm³/mol. The first-order valence-corrected chi connectivity index (χ1v) is 7.94. The van der Waals surface area contributed by atoms with Crippen LogP contribution < -0.4 is 10.2 Å². The van der Waals surface area contributed by atoms with E-state index in [-0.39, 0.29) is 0 Å². The van der Waals surface area contributed by atoms with Gasteiger partial charge in [0.2, 0.25) is 11.1 Å². The number of nitrogens with one attached hydrogen (secondary N) is 1. The van der Waals surface area contributed by atoms with Crippen molar-refractivity contribution in [2.45, 2.75) is 9.37 Å². The van der Waals surface area contributed by atoms with Gasteiger partial charge in [-0.15, -0.1) is 10.2 Å². The molecule has 0 aliphatic rings. The van der Waals surface area contributed by atoms with Crippen LogP contribution in [0.3, 0.4) is 0 Å². The Hall–Kier alpha value is -1.93. The SMILES string of the molecule is CNc1nc(Sc2nnc(N(C)C)s2)c2ccccc2n1. The Morgan fingerprint density at radius 1 is 1.14 bits per heavy atom. The molecule has 2 heterocycles. The number of rotatable bonds is 4. The lowest BCUT2D eigenvalue weighted by Gasteiger charge is -2.06. The van der Waals surface area contributed by atoms with Crippen molar-refractivity contribution in [1.29, 1.82) is 0 Å². The summed E-state index contributed by atoms with van der Waals surface area (Å²) in [5.74, 6) is 0.605. The molecular weight excluding hydrogens is 304 g/mol. The highest BCUT2D eigenvalue weighted by Crippen LogP contribution is 2.35. The molecule has 0 saturated heterocycles. The second-order valence-corrected chi connectivity index (χ2v) is 6.66. The van der Waals surface area contributed by atoms with Crippen LogP contribution >= 0.6 is 23.1 Å². The zero-order chi connectivity index (χ0) is 14.8. The van der Waals surface area contributed by atoms with Crippen molar-refractivity contribution >= 4 is 45.1 Å². The molecule has 6 nitrogen and oxygen atoms in total. The van der Waals surface area contributed by atoms with Crippen molar-refractivity contribution in [3.05, 3.63) is 24.3 Å². The number of benzene rings is 1. The first kappa shape index (κ1) is 14.0. The molecule has 0 saturated carbocycles. The van der Waals surface area contributed by atoms with Crippen molar-refractivity contribution < 1.29 is 0 Å². The summed E-state index contributed by atoms with van der Waals surface area (Å²) in [6, 6.07) is 7.96. The highest BCUT2D eigenvalue weighted by atomic mass is 32.2. The van der Waals surface area contributed by atoms with Crippen molar-refractivity contribution in [1.82, 2.24) is 20.2 Å². The van der Waals surface area contributed by atoms with E-state index in [9.17, 15) is 0 Å². The summed E-state index contributed by atoms with van der Waals surface area (Å²) < 4.78 is 0.865. The van der Waals surface area contributed by atoms with Gasteiger partial charge in [-0.3, -0.25) is 0 Å². The zero-order valence-electron chi connectivity index (χ0n) is 11.9. The number of fused-ring (bicyclic) bond motifs is 1. The minimum Gasteiger partial charge on any atom is -0.357 e. The normalized spacial score (nSPS) is 10.8. The number of para-hydroxylation sites is 1. The van der Waals surface area contributed by atoms with E-state index in [0.717, 1.165) is 25.4 Å². The van der Waals surface area contributed by atoms with Gasteiger partial charge < -0.3 is 10.2 Å². The van der Waals surface area contributed by atoms with Gasteiger partial charge >= 0.3 is 0 Å². The van der Waals surface area contributed by atoms with Crippen LogP contribution in [0.2, 0.25) is 0 Å². The predicted octanol–water partition coefficient (Wildman–Crippen LogP) is 2.74. The Morgan fingerprint density at radius 2 is 1.95 bits per heavy atom.